The van der Waals surface area contributed by atoms with Crippen LogP contribution in [0.1, 0.15) is 37.8 Å². The van der Waals surface area contributed by atoms with Gasteiger partial charge in [0.15, 0.2) is 0 Å². The fourth-order valence-electron chi connectivity index (χ4n) is 3.36. The van der Waals surface area contributed by atoms with Crippen LogP contribution in [-0.4, -0.2) is 40.1 Å². The maximum absolute atomic E-state index is 13.3. The van der Waals surface area contributed by atoms with Crippen molar-refractivity contribution in [2.75, 3.05) is 6.54 Å². The molecule has 1 aliphatic carbocycles. The molecule has 1 aliphatic heterocycles. The maximum atomic E-state index is 13.3. The lowest BCUT2D eigenvalue weighted by atomic mass is 10.1. The van der Waals surface area contributed by atoms with Crippen molar-refractivity contribution in [1.29, 1.82) is 0 Å². The molecule has 7 heteroatoms. The molecule has 1 saturated carbocycles. The Hall–Kier alpha value is -2.31. The maximum Gasteiger partial charge on any atom is 0.334 e. The lowest BCUT2D eigenvalue weighted by Gasteiger charge is -2.23. The summed E-state index contributed by atoms with van der Waals surface area (Å²) in [6.45, 7) is 1.53. The van der Waals surface area contributed by atoms with E-state index in [0.717, 1.165) is 15.4 Å². The second-order valence-electron chi connectivity index (χ2n) is 6.42. The van der Waals surface area contributed by atoms with Crippen LogP contribution in [0.5, 0.6) is 0 Å². The zero-order valence-electron chi connectivity index (χ0n) is 13.2. The van der Waals surface area contributed by atoms with Crippen molar-refractivity contribution in [3.63, 3.8) is 0 Å². The van der Waals surface area contributed by atoms with E-state index in [1.165, 1.54) is 0 Å². The number of alkyl halides is 2. The molecule has 2 fully saturated rings. The standard InChI is InChI=1S/C17H18F2N2O3/c1-11(13-5-3-2-4-6-13)21-15(23)14(22)20(16(21)24)10-12-7-8-17(18,19)9-12/h2-6,11-12H,7-10H2,1H3/t11-,12-/m1/s1. The van der Waals surface area contributed by atoms with Gasteiger partial charge in [-0.05, 0) is 24.8 Å². The highest BCUT2D eigenvalue weighted by Crippen LogP contribution is 2.39. The molecule has 1 aromatic rings. The summed E-state index contributed by atoms with van der Waals surface area (Å²) in [6.07, 6.45) is -0.356. The predicted octanol–water partition coefficient (Wildman–Crippen LogP) is 2.97. The summed E-state index contributed by atoms with van der Waals surface area (Å²) in [5, 5.41) is 0. The van der Waals surface area contributed by atoms with E-state index in [1.54, 1.807) is 31.2 Å². The molecule has 1 aromatic carbocycles. The van der Waals surface area contributed by atoms with Crippen LogP contribution in [0.4, 0.5) is 13.6 Å². The Morgan fingerprint density at radius 1 is 1.17 bits per heavy atom. The zero-order valence-corrected chi connectivity index (χ0v) is 13.2. The van der Waals surface area contributed by atoms with Crippen LogP contribution in [0.25, 0.3) is 0 Å². The summed E-state index contributed by atoms with van der Waals surface area (Å²) in [6, 6.07) is 7.56. The number of amides is 4. The van der Waals surface area contributed by atoms with Gasteiger partial charge in [0.1, 0.15) is 0 Å². The number of hydrogen-bond donors (Lipinski definition) is 0. The van der Waals surface area contributed by atoms with Gasteiger partial charge in [0.25, 0.3) is 0 Å². The number of carbonyl (C=O) groups excluding carboxylic acids is 3. The molecule has 1 heterocycles. The normalized spacial score (nSPS) is 24.8. The van der Waals surface area contributed by atoms with Crippen LogP contribution < -0.4 is 0 Å². The summed E-state index contributed by atoms with van der Waals surface area (Å²) in [7, 11) is 0. The second-order valence-corrected chi connectivity index (χ2v) is 6.42. The van der Waals surface area contributed by atoms with Crippen molar-refractivity contribution in [3.05, 3.63) is 35.9 Å². The molecule has 0 N–H and O–H groups in total. The van der Waals surface area contributed by atoms with Crippen molar-refractivity contribution in [2.45, 2.75) is 38.2 Å². The number of rotatable bonds is 4. The molecule has 0 spiro atoms. The van der Waals surface area contributed by atoms with Crippen molar-refractivity contribution in [2.24, 2.45) is 5.92 Å². The average molecular weight is 336 g/mol. The summed E-state index contributed by atoms with van der Waals surface area (Å²) in [5.41, 5.74) is 0.723. The number of halogens is 2. The third-order valence-electron chi connectivity index (χ3n) is 4.70. The molecule has 0 aromatic heterocycles. The van der Waals surface area contributed by atoms with Crippen molar-refractivity contribution < 1.29 is 23.2 Å². The minimum atomic E-state index is -2.75. The fourth-order valence-corrected chi connectivity index (χ4v) is 3.36. The van der Waals surface area contributed by atoms with E-state index in [4.69, 9.17) is 0 Å². The van der Waals surface area contributed by atoms with Gasteiger partial charge in [0, 0.05) is 19.4 Å². The third kappa shape index (κ3) is 2.90. The van der Waals surface area contributed by atoms with E-state index in [0.29, 0.717) is 0 Å². The van der Waals surface area contributed by atoms with E-state index in [2.05, 4.69) is 0 Å². The van der Waals surface area contributed by atoms with Crippen LogP contribution >= 0.6 is 0 Å². The molecule has 128 valence electrons. The lowest BCUT2D eigenvalue weighted by Crippen LogP contribution is -2.37. The Kier molecular flexibility index (Phi) is 4.11. The molecule has 2 atom stereocenters. The van der Waals surface area contributed by atoms with Gasteiger partial charge in [0.2, 0.25) is 5.92 Å². The van der Waals surface area contributed by atoms with Gasteiger partial charge in [-0.25, -0.2) is 18.5 Å². The van der Waals surface area contributed by atoms with Crippen molar-refractivity contribution in [3.8, 4) is 0 Å². The molecule has 0 radical (unpaired) electrons. The Labute approximate surface area is 138 Å². The number of hydrogen-bond acceptors (Lipinski definition) is 3. The van der Waals surface area contributed by atoms with Crippen LogP contribution in [-0.2, 0) is 9.59 Å². The first-order chi connectivity index (χ1) is 11.3. The zero-order chi connectivity index (χ0) is 17.5. The molecule has 0 bridgehead atoms. The fraction of sp³-hybridized carbons (Fsp3) is 0.471. The Bertz CT molecular complexity index is 678. The van der Waals surface area contributed by atoms with E-state index in [1.807, 2.05) is 6.07 Å². The van der Waals surface area contributed by atoms with Crippen LogP contribution in [0.3, 0.4) is 0 Å². The second kappa shape index (κ2) is 5.96. The number of imide groups is 2. The molecule has 1 saturated heterocycles. The molecular weight excluding hydrogens is 318 g/mol. The van der Waals surface area contributed by atoms with Crippen LogP contribution in [0.2, 0.25) is 0 Å². The van der Waals surface area contributed by atoms with Gasteiger partial charge in [-0.2, -0.15) is 0 Å². The van der Waals surface area contributed by atoms with Gasteiger partial charge >= 0.3 is 17.8 Å². The Balaban J connectivity index is 1.76. The lowest BCUT2D eigenvalue weighted by molar-refractivity contribution is -0.144. The van der Waals surface area contributed by atoms with Gasteiger partial charge in [-0.1, -0.05) is 30.3 Å². The quantitative estimate of drug-likeness (QED) is 0.627. The molecule has 4 amide bonds. The Morgan fingerprint density at radius 3 is 2.42 bits per heavy atom. The summed E-state index contributed by atoms with van der Waals surface area (Å²) in [5.74, 6) is -5.05. The average Bonchev–Trinajstić information content (AvgIpc) is 3.00. The van der Waals surface area contributed by atoms with Crippen LogP contribution in [0.15, 0.2) is 30.3 Å². The minimum absolute atomic E-state index is 0.128. The van der Waals surface area contributed by atoms with Gasteiger partial charge in [0.05, 0.1) is 6.04 Å². The summed E-state index contributed by atoms with van der Waals surface area (Å²) < 4.78 is 26.6. The predicted molar refractivity (Wildman–Crippen MR) is 81.1 cm³/mol. The number of urea groups is 1. The molecule has 24 heavy (non-hydrogen) atoms. The SMILES string of the molecule is C[C@H](c1ccccc1)N1C(=O)C(=O)N(C[C@@H]2CCC(F)(F)C2)C1=O. The first kappa shape index (κ1) is 16.5. The van der Waals surface area contributed by atoms with Crippen LogP contribution in [0, 0.1) is 5.92 Å². The summed E-state index contributed by atoms with van der Waals surface area (Å²) >= 11 is 0. The van der Waals surface area contributed by atoms with Gasteiger partial charge < -0.3 is 0 Å². The van der Waals surface area contributed by atoms with Crippen molar-refractivity contribution in [1.82, 2.24) is 9.80 Å². The van der Waals surface area contributed by atoms with E-state index < -0.39 is 35.7 Å². The highest BCUT2D eigenvalue weighted by molar-refractivity contribution is 6.44. The largest absolute Gasteiger partial charge is 0.334 e. The smallest absolute Gasteiger partial charge is 0.263 e. The molecule has 2 aliphatic rings. The molecular formula is C17H18F2N2O3. The first-order valence-electron chi connectivity index (χ1n) is 7.92. The van der Waals surface area contributed by atoms with E-state index >= 15 is 0 Å². The van der Waals surface area contributed by atoms with Gasteiger partial charge in [-0.3, -0.25) is 14.5 Å². The number of benzene rings is 1. The van der Waals surface area contributed by atoms with E-state index in [9.17, 15) is 23.2 Å². The first-order valence-corrected chi connectivity index (χ1v) is 7.92. The van der Waals surface area contributed by atoms with Crippen molar-refractivity contribution >= 4 is 17.8 Å². The minimum Gasteiger partial charge on any atom is -0.263 e. The number of nitrogens with zero attached hydrogens (tertiary/aromatic N) is 2. The summed E-state index contributed by atoms with van der Waals surface area (Å²) in [4.78, 5) is 38.6. The Morgan fingerprint density at radius 2 is 1.83 bits per heavy atom. The third-order valence-corrected chi connectivity index (χ3v) is 4.70. The topological polar surface area (TPSA) is 57.7 Å². The molecule has 0 unspecified atom stereocenters. The van der Waals surface area contributed by atoms with E-state index in [-0.39, 0.29) is 25.8 Å². The highest BCUT2D eigenvalue weighted by atomic mass is 19.3. The molecule has 3 rings (SSSR count). The highest BCUT2D eigenvalue weighted by Gasteiger charge is 2.49. The molecule has 5 nitrogen and oxygen atoms in total. The monoisotopic (exact) mass is 336 g/mol. The number of carbonyl (C=O) groups is 3. The van der Waals surface area contributed by atoms with Gasteiger partial charge in [-0.15, -0.1) is 0 Å².